The van der Waals surface area contributed by atoms with Gasteiger partial charge in [-0.1, -0.05) is 20.8 Å². The number of ketones is 1. The maximum Gasteiger partial charge on any atom is 0.166 e. The number of carbonyl (C=O) groups excluding carboxylic acids is 1. The summed E-state index contributed by atoms with van der Waals surface area (Å²) in [5.74, 6) is 1.33. The van der Waals surface area contributed by atoms with Gasteiger partial charge in [-0.3, -0.25) is 4.79 Å². The Morgan fingerprint density at radius 2 is 1.94 bits per heavy atom. The van der Waals surface area contributed by atoms with E-state index in [1.807, 2.05) is 24.3 Å². The molecule has 92 valence electrons. The molecule has 0 N–H and O–H groups in total. The van der Waals surface area contributed by atoms with Crippen molar-refractivity contribution in [3.05, 3.63) is 29.8 Å². The smallest absolute Gasteiger partial charge is 0.166 e. The fraction of sp³-hybridized carbons (Fsp3) is 0.533. The number of benzene rings is 1. The van der Waals surface area contributed by atoms with Gasteiger partial charge >= 0.3 is 0 Å². The van der Waals surface area contributed by atoms with E-state index in [0.29, 0.717) is 0 Å². The molecule has 0 aromatic heterocycles. The molecule has 2 nitrogen and oxygen atoms in total. The standard InChI is InChI=1S/C15H20O2/c1-4-9-17-12-7-5-11(6-8-12)14(16)13-10-15(13,2)3/h5-8,13H,4,9-10H2,1-3H3. The Hall–Kier alpha value is -1.31. The first-order valence-electron chi connectivity index (χ1n) is 6.31. The normalized spacial score (nSPS) is 21.0. The topological polar surface area (TPSA) is 26.3 Å². The molecule has 1 unspecified atom stereocenters. The highest BCUT2D eigenvalue weighted by molar-refractivity contribution is 6.00. The van der Waals surface area contributed by atoms with Crippen LogP contribution in [0.25, 0.3) is 0 Å². The van der Waals surface area contributed by atoms with Gasteiger partial charge in [0.25, 0.3) is 0 Å². The molecule has 0 heterocycles. The van der Waals surface area contributed by atoms with E-state index in [2.05, 4.69) is 20.8 Å². The zero-order valence-corrected chi connectivity index (χ0v) is 10.8. The number of ether oxygens (including phenoxy) is 1. The van der Waals surface area contributed by atoms with Gasteiger partial charge in [0, 0.05) is 11.5 Å². The Morgan fingerprint density at radius 1 is 1.35 bits per heavy atom. The van der Waals surface area contributed by atoms with Crippen molar-refractivity contribution in [2.45, 2.75) is 33.6 Å². The second kappa shape index (κ2) is 4.52. The minimum atomic E-state index is 0.203. The number of rotatable bonds is 5. The van der Waals surface area contributed by atoms with Crippen molar-refractivity contribution in [1.82, 2.24) is 0 Å². The van der Waals surface area contributed by atoms with Crippen LogP contribution in [0.5, 0.6) is 5.75 Å². The fourth-order valence-electron chi connectivity index (χ4n) is 2.05. The van der Waals surface area contributed by atoms with Crippen molar-refractivity contribution in [2.24, 2.45) is 11.3 Å². The predicted octanol–water partition coefficient (Wildman–Crippen LogP) is 3.70. The molecular formula is C15H20O2. The third kappa shape index (κ3) is 2.68. The van der Waals surface area contributed by atoms with E-state index in [1.54, 1.807) is 0 Å². The van der Waals surface area contributed by atoms with Gasteiger partial charge in [0.1, 0.15) is 5.75 Å². The maximum atomic E-state index is 12.1. The molecule has 2 rings (SSSR count). The molecule has 1 atom stereocenters. The second-order valence-corrected chi connectivity index (χ2v) is 5.48. The molecule has 2 heteroatoms. The highest BCUT2D eigenvalue weighted by atomic mass is 16.5. The van der Waals surface area contributed by atoms with Gasteiger partial charge in [0.15, 0.2) is 5.78 Å². The fourth-order valence-corrected chi connectivity index (χ4v) is 2.05. The molecule has 1 saturated carbocycles. The summed E-state index contributed by atoms with van der Waals surface area (Å²) in [6, 6.07) is 7.53. The zero-order chi connectivity index (χ0) is 12.5. The monoisotopic (exact) mass is 232 g/mol. The van der Waals surface area contributed by atoms with Crippen LogP contribution >= 0.6 is 0 Å². The van der Waals surface area contributed by atoms with E-state index in [-0.39, 0.29) is 17.1 Å². The van der Waals surface area contributed by atoms with Crippen molar-refractivity contribution in [1.29, 1.82) is 0 Å². The largest absolute Gasteiger partial charge is 0.494 e. The van der Waals surface area contributed by atoms with Crippen LogP contribution in [0.2, 0.25) is 0 Å². The molecule has 1 aliphatic rings. The molecule has 1 fully saturated rings. The minimum Gasteiger partial charge on any atom is -0.494 e. The van der Waals surface area contributed by atoms with Gasteiger partial charge in [-0.05, 0) is 42.5 Å². The molecule has 0 amide bonds. The summed E-state index contributed by atoms with van der Waals surface area (Å²) in [5, 5.41) is 0. The summed E-state index contributed by atoms with van der Waals surface area (Å²) < 4.78 is 5.50. The van der Waals surface area contributed by atoms with Gasteiger partial charge in [-0.15, -0.1) is 0 Å². The number of carbonyl (C=O) groups is 1. The molecular weight excluding hydrogens is 212 g/mol. The van der Waals surface area contributed by atoms with E-state index in [0.717, 1.165) is 30.8 Å². The van der Waals surface area contributed by atoms with Crippen LogP contribution < -0.4 is 4.74 Å². The van der Waals surface area contributed by atoms with E-state index >= 15 is 0 Å². The van der Waals surface area contributed by atoms with Crippen molar-refractivity contribution >= 4 is 5.78 Å². The number of hydrogen-bond acceptors (Lipinski definition) is 2. The van der Waals surface area contributed by atoms with Crippen molar-refractivity contribution in [3.8, 4) is 5.75 Å². The summed E-state index contributed by atoms with van der Waals surface area (Å²) in [6.07, 6.45) is 2.01. The van der Waals surface area contributed by atoms with Crippen molar-refractivity contribution < 1.29 is 9.53 Å². The van der Waals surface area contributed by atoms with E-state index < -0.39 is 0 Å². The van der Waals surface area contributed by atoms with Crippen LogP contribution in [0.1, 0.15) is 44.0 Å². The van der Waals surface area contributed by atoms with Crippen LogP contribution in [-0.4, -0.2) is 12.4 Å². The van der Waals surface area contributed by atoms with E-state index in [4.69, 9.17) is 4.74 Å². The Balaban J connectivity index is 2.01. The first kappa shape index (κ1) is 12.2. The van der Waals surface area contributed by atoms with Crippen LogP contribution in [0, 0.1) is 11.3 Å². The summed E-state index contributed by atoms with van der Waals surface area (Å²) in [7, 11) is 0. The first-order chi connectivity index (χ1) is 8.04. The first-order valence-corrected chi connectivity index (χ1v) is 6.31. The average Bonchev–Trinajstić information content (AvgIpc) is 2.95. The van der Waals surface area contributed by atoms with Gasteiger partial charge in [0.2, 0.25) is 0 Å². The SMILES string of the molecule is CCCOc1ccc(C(=O)C2CC2(C)C)cc1. The summed E-state index contributed by atoms with van der Waals surface area (Å²) in [4.78, 5) is 12.1. The molecule has 1 aromatic rings. The van der Waals surface area contributed by atoms with Crippen LogP contribution in [0.3, 0.4) is 0 Å². The highest BCUT2D eigenvalue weighted by Gasteiger charge is 2.50. The second-order valence-electron chi connectivity index (χ2n) is 5.48. The molecule has 0 bridgehead atoms. The quantitative estimate of drug-likeness (QED) is 0.723. The Kier molecular flexibility index (Phi) is 3.23. The molecule has 17 heavy (non-hydrogen) atoms. The van der Waals surface area contributed by atoms with E-state index in [9.17, 15) is 4.79 Å². The van der Waals surface area contributed by atoms with Crippen LogP contribution in [0.15, 0.2) is 24.3 Å². The van der Waals surface area contributed by atoms with Gasteiger partial charge in [-0.2, -0.15) is 0 Å². The molecule has 0 spiro atoms. The molecule has 0 aliphatic heterocycles. The lowest BCUT2D eigenvalue weighted by Crippen LogP contribution is -2.06. The van der Waals surface area contributed by atoms with Crippen molar-refractivity contribution in [2.75, 3.05) is 6.61 Å². The van der Waals surface area contributed by atoms with E-state index in [1.165, 1.54) is 0 Å². The summed E-state index contributed by atoms with van der Waals surface area (Å²) >= 11 is 0. The Bertz CT molecular complexity index is 403. The molecule has 0 radical (unpaired) electrons. The van der Waals surface area contributed by atoms with Gasteiger partial charge < -0.3 is 4.74 Å². The van der Waals surface area contributed by atoms with Crippen LogP contribution in [0.4, 0.5) is 0 Å². The summed E-state index contributed by atoms with van der Waals surface area (Å²) in [5.41, 5.74) is 1.01. The third-order valence-electron chi connectivity index (χ3n) is 3.44. The van der Waals surface area contributed by atoms with Gasteiger partial charge in [-0.25, -0.2) is 0 Å². The highest BCUT2D eigenvalue weighted by Crippen LogP contribution is 2.53. The average molecular weight is 232 g/mol. The minimum absolute atomic E-state index is 0.203. The molecule has 1 aliphatic carbocycles. The number of Topliss-reactive ketones (excluding diaryl/α,β-unsaturated/α-hetero) is 1. The molecule has 0 saturated heterocycles. The Labute approximate surface area is 103 Å². The maximum absolute atomic E-state index is 12.1. The zero-order valence-electron chi connectivity index (χ0n) is 10.8. The lowest BCUT2D eigenvalue weighted by Gasteiger charge is -2.06. The number of hydrogen-bond donors (Lipinski definition) is 0. The lowest BCUT2D eigenvalue weighted by atomic mass is 10.0. The Morgan fingerprint density at radius 3 is 2.41 bits per heavy atom. The van der Waals surface area contributed by atoms with Gasteiger partial charge in [0.05, 0.1) is 6.61 Å². The molecule has 1 aromatic carbocycles. The predicted molar refractivity (Wildman–Crippen MR) is 68.4 cm³/mol. The lowest BCUT2D eigenvalue weighted by molar-refractivity contribution is 0.0953. The third-order valence-corrected chi connectivity index (χ3v) is 3.44. The van der Waals surface area contributed by atoms with Crippen LogP contribution in [-0.2, 0) is 0 Å². The summed E-state index contributed by atoms with van der Waals surface area (Å²) in [6.45, 7) is 7.10. The van der Waals surface area contributed by atoms with Crippen molar-refractivity contribution in [3.63, 3.8) is 0 Å².